The third kappa shape index (κ3) is 5.31. The lowest BCUT2D eigenvalue weighted by Crippen LogP contribution is -2.14. The van der Waals surface area contributed by atoms with Crippen molar-refractivity contribution in [3.8, 4) is 6.07 Å². The average Bonchev–Trinajstić information content (AvgIpc) is 2.48. The molecule has 0 saturated heterocycles. The molecule has 0 aliphatic carbocycles. The largest absolute Gasteiger partial charge is 0.462 e. The maximum Gasteiger partial charge on any atom is 0.350 e. The van der Waals surface area contributed by atoms with Crippen molar-refractivity contribution in [1.29, 1.82) is 5.26 Å². The second-order valence-corrected chi connectivity index (χ2v) is 5.03. The molecule has 0 atom stereocenters. The summed E-state index contributed by atoms with van der Waals surface area (Å²) in [6.45, 7) is 5.28. The predicted molar refractivity (Wildman–Crippen MR) is 86.0 cm³/mol. The number of anilines is 1. The van der Waals surface area contributed by atoms with E-state index in [0.717, 1.165) is 0 Å². The summed E-state index contributed by atoms with van der Waals surface area (Å²) in [4.78, 5) is 23.5. The van der Waals surface area contributed by atoms with E-state index in [1.807, 2.05) is 0 Å². The van der Waals surface area contributed by atoms with E-state index < -0.39 is 11.9 Å². The van der Waals surface area contributed by atoms with E-state index in [1.165, 1.54) is 12.3 Å². The Hall–Kier alpha value is -2.52. The van der Waals surface area contributed by atoms with Crippen molar-refractivity contribution in [2.24, 2.45) is 0 Å². The normalized spacial score (nSPS) is 10.9. The quantitative estimate of drug-likeness (QED) is 0.487. The third-order valence-electron chi connectivity index (χ3n) is 2.55. The number of rotatable bonds is 6. The number of nitriles is 1. The van der Waals surface area contributed by atoms with E-state index >= 15 is 0 Å². The summed E-state index contributed by atoms with van der Waals surface area (Å²) < 4.78 is 9.84. The van der Waals surface area contributed by atoms with Crippen LogP contribution in [0.25, 0.3) is 0 Å². The van der Waals surface area contributed by atoms with Crippen molar-refractivity contribution < 1.29 is 19.1 Å². The molecule has 1 aromatic rings. The Balaban J connectivity index is 2.99. The van der Waals surface area contributed by atoms with Gasteiger partial charge in [-0.05, 0) is 32.9 Å². The first-order valence-corrected chi connectivity index (χ1v) is 7.31. The molecule has 0 saturated carbocycles. The highest BCUT2D eigenvalue weighted by molar-refractivity contribution is 6.36. The van der Waals surface area contributed by atoms with Crippen molar-refractivity contribution >= 4 is 29.2 Å². The van der Waals surface area contributed by atoms with Gasteiger partial charge < -0.3 is 14.8 Å². The van der Waals surface area contributed by atoms with Gasteiger partial charge in [-0.2, -0.15) is 5.26 Å². The average molecular weight is 337 g/mol. The number of carbonyl (C=O) groups is 2. The minimum atomic E-state index is -0.743. The molecule has 0 aromatic heterocycles. The molecule has 122 valence electrons. The number of carbonyl (C=O) groups excluding carboxylic acids is 2. The molecule has 23 heavy (non-hydrogen) atoms. The van der Waals surface area contributed by atoms with Crippen LogP contribution in [0.2, 0.25) is 5.02 Å². The van der Waals surface area contributed by atoms with Crippen LogP contribution in [-0.2, 0) is 14.3 Å². The van der Waals surface area contributed by atoms with Gasteiger partial charge in [-0.1, -0.05) is 17.7 Å². The lowest BCUT2D eigenvalue weighted by molar-refractivity contribution is -0.142. The Morgan fingerprint density at radius 2 is 2.13 bits per heavy atom. The molecule has 0 radical (unpaired) electrons. The highest BCUT2D eigenvalue weighted by Crippen LogP contribution is 2.26. The fourth-order valence-corrected chi connectivity index (χ4v) is 1.83. The molecular weight excluding hydrogens is 320 g/mol. The third-order valence-corrected chi connectivity index (χ3v) is 2.96. The summed E-state index contributed by atoms with van der Waals surface area (Å²) >= 11 is 6.14. The van der Waals surface area contributed by atoms with Crippen molar-refractivity contribution in [3.05, 3.63) is 40.6 Å². The molecule has 1 aromatic carbocycles. The van der Waals surface area contributed by atoms with Crippen molar-refractivity contribution in [2.75, 3.05) is 11.9 Å². The van der Waals surface area contributed by atoms with Crippen LogP contribution in [0.15, 0.2) is 30.0 Å². The maximum atomic E-state index is 11.8. The van der Waals surface area contributed by atoms with Crippen LogP contribution in [0.1, 0.15) is 31.1 Å². The van der Waals surface area contributed by atoms with E-state index in [4.69, 9.17) is 26.3 Å². The van der Waals surface area contributed by atoms with Gasteiger partial charge in [-0.15, -0.1) is 0 Å². The SMILES string of the molecule is CCOC(=O)c1cccc(NC=C(C#N)C(=O)OC(C)C)c1Cl. The molecule has 0 bridgehead atoms. The molecule has 0 heterocycles. The molecule has 0 fully saturated rings. The molecule has 0 spiro atoms. The summed E-state index contributed by atoms with van der Waals surface area (Å²) in [6, 6.07) is 6.47. The number of nitrogens with zero attached hydrogens (tertiary/aromatic N) is 1. The molecule has 0 unspecified atom stereocenters. The minimum absolute atomic E-state index is 0.136. The van der Waals surface area contributed by atoms with Crippen molar-refractivity contribution in [1.82, 2.24) is 0 Å². The fourth-order valence-electron chi connectivity index (χ4n) is 1.57. The van der Waals surface area contributed by atoms with Gasteiger partial charge in [0.1, 0.15) is 6.07 Å². The number of hydrogen-bond donors (Lipinski definition) is 1. The van der Waals surface area contributed by atoms with Gasteiger partial charge in [0.2, 0.25) is 0 Å². The van der Waals surface area contributed by atoms with Gasteiger partial charge in [0.25, 0.3) is 0 Å². The second-order valence-electron chi connectivity index (χ2n) is 4.66. The highest BCUT2D eigenvalue weighted by Gasteiger charge is 2.15. The molecule has 0 amide bonds. The predicted octanol–water partition coefficient (Wildman–Crippen LogP) is 3.29. The molecule has 6 nitrogen and oxygen atoms in total. The minimum Gasteiger partial charge on any atom is -0.462 e. The van der Waals surface area contributed by atoms with Crippen molar-refractivity contribution in [2.45, 2.75) is 26.9 Å². The lowest BCUT2D eigenvalue weighted by Gasteiger charge is -2.10. The highest BCUT2D eigenvalue weighted by atomic mass is 35.5. The van der Waals surface area contributed by atoms with E-state index in [9.17, 15) is 9.59 Å². The Morgan fingerprint density at radius 1 is 1.43 bits per heavy atom. The van der Waals surface area contributed by atoms with Crippen LogP contribution in [0, 0.1) is 11.3 Å². The number of benzene rings is 1. The number of hydrogen-bond acceptors (Lipinski definition) is 6. The second kappa shape index (κ2) is 8.81. The molecule has 1 rings (SSSR count). The Bertz CT molecular complexity index is 663. The zero-order valence-electron chi connectivity index (χ0n) is 13.1. The smallest absolute Gasteiger partial charge is 0.350 e. The van der Waals surface area contributed by atoms with Crippen LogP contribution in [-0.4, -0.2) is 24.6 Å². The van der Waals surface area contributed by atoms with E-state index in [0.29, 0.717) is 5.69 Å². The van der Waals surface area contributed by atoms with Gasteiger partial charge in [-0.3, -0.25) is 0 Å². The topological polar surface area (TPSA) is 88.4 Å². The Morgan fingerprint density at radius 3 is 2.70 bits per heavy atom. The van der Waals surface area contributed by atoms with Crippen LogP contribution < -0.4 is 5.32 Å². The first kappa shape index (κ1) is 18.5. The zero-order chi connectivity index (χ0) is 17.4. The fraction of sp³-hybridized carbons (Fsp3) is 0.312. The summed E-state index contributed by atoms with van der Waals surface area (Å²) in [5.41, 5.74) is 0.341. The van der Waals surface area contributed by atoms with E-state index in [2.05, 4.69) is 5.32 Å². The van der Waals surface area contributed by atoms with Gasteiger partial charge in [0.05, 0.1) is 29.0 Å². The van der Waals surface area contributed by atoms with Gasteiger partial charge >= 0.3 is 11.9 Å². The standard InChI is InChI=1S/C16H17ClN2O4/c1-4-22-16(21)12-6-5-7-13(14(12)17)19-9-11(8-18)15(20)23-10(2)3/h5-7,9-10,19H,4H2,1-3H3. The summed E-state index contributed by atoms with van der Waals surface area (Å²) in [5.74, 6) is -1.29. The zero-order valence-corrected chi connectivity index (χ0v) is 13.8. The Kier molecular flexibility index (Phi) is 7.10. The van der Waals surface area contributed by atoms with Gasteiger partial charge in [0, 0.05) is 6.20 Å². The maximum absolute atomic E-state index is 11.8. The number of esters is 2. The van der Waals surface area contributed by atoms with E-state index in [-0.39, 0.29) is 28.9 Å². The monoisotopic (exact) mass is 336 g/mol. The summed E-state index contributed by atoms with van der Waals surface area (Å²) in [7, 11) is 0. The van der Waals surface area contributed by atoms with E-state index in [1.54, 1.807) is 39.0 Å². The first-order valence-electron chi connectivity index (χ1n) is 6.94. The summed E-state index contributed by atoms with van der Waals surface area (Å²) in [5, 5.41) is 11.9. The van der Waals surface area contributed by atoms with Crippen LogP contribution in [0.5, 0.6) is 0 Å². The van der Waals surface area contributed by atoms with Crippen LogP contribution in [0.4, 0.5) is 5.69 Å². The van der Waals surface area contributed by atoms with Gasteiger partial charge in [0.15, 0.2) is 5.57 Å². The number of ether oxygens (including phenoxy) is 2. The van der Waals surface area contributed by atoms with Crippen LogP contribution >= 0.6 is 11.6 Å². The van der Waals surface area contributed by atoms with Crippen molar-refractivity contribution in [3.63, 3.8) is 0 Å². The molecule has 0 aliphatic rings. The first-order chi connectivity index (χ1) is 10.9. The Labute approximate surface area is 139 Å². The molecule has 0 aliphatic heterocycles. The molecule has 7 heteroatoms. The number of nitrogens with one attached hydrogen (secondary N) is 1. The number of halogens is 1. The summed E-state index contributed by atoms with van der Waals surface area (Å²) in [6.07, 6.45) is 0.843. The lowest BCUT2D eigenvalue weighted by atomic mass is 10.2. The van der Waals surface area contributed by atoms with Crippen LogP contribution in [0.3, 0.4) is 0 Å². The molecule has 1 N–H and O–H groups in total. The van der Waals surface area contributed by atoms with Gasteiger partial charge in [-0.25, -0.2) is 9.59 Å². The molecular formula is C16H17ClN2O4.